The lowest BCUT2D eigenvalue weighted by atomic mass is 10.2. The van der Waals surface area contributed by atoms with Crippen LogP contribution >= 0.6 is 12.2 Å². The maximum absolute atomic E-state index is 12.8. The van der Waals surface area contributed by atoms with Crippen molar-refractivity contribution in [3.8, 4) is 11.5 Å². The van der Waals surface area contributed by atoms with E-state index in [9.17, 15) is 13.2 Å². The van der Waals surface area contributed by atoms with E-state index in [1.54, 1.807) is 0 Å². The standard InChI is InChI=1S/C19H21F3N2O2S/c1-3-25-16-9-8-13(10-17(16)26-4-2)12-23-18(27)24-15-7-5-6-14(11-15)19(20,21)22/h5-11H,3-4,12H2,1-2H3,(H2,23,24,27). The molecule has 0 radical (unpaired) electrons. The fourth-order valence-corrected chi connectivity index (χ4v) is 2.53. The van der Waals surface area contributed by atoms with Crippen molar-refractivity contribution < 1.29 is 22.6 Å². The summed E-state index contributed by atoms with van der Waals surface area (Å²) in [5.74, 6) is 1.29. The van der Waals surface area contributed by atoms with E-state index in [1.807, 2.05) is 32.0 Å². The molecule has 0 heterocycles. The van der Waals surface area contributed by atoms with E-state index < -0.39 is 11.7 Å². The normalized spacial score (nSPS) is 11.0. The van der Waals surface area contributed by atoms with E-state index in [1.165, 1.54) is 12.1 Å². The van der Waals surface area contributed by atoms with Crippen LogP contribution in [0.3, 0.4) is 0 Å². The second-order valence-electron chi connectivity index (χ2n) is 5.53. The zero-order valence-electron chi connectivity index (χ0n) is 15.0. The van der Waals surface area contributed by atoms with E-state index in [0.717, 1.165) is 17.7 Å². The summed E-state index contributed by atoms with van der Waals surface area (Å²) in [5.41, 5.74) is 0.433. The van der Waals surface area contributed by atoms with Crippen molar-refractivity contribution in [1.82, 2.24) is 5.32 Å². The minimum absolute atomic E-state index is 0.223. The first-order valence-corrected chi connectivity index (χ1v) is 8.85. The minimum Gasteiger partial charge on any atom is -0.490 e. The Morgan fingerprint density at radius 2 is 1.70 bits per heavy atom. The lowest BCUT2D eigenvalue weighted by Gasteiger charge is -2.14. The van der Waals surface area contributed by atoms with Gasteiger partial charge in [0, 0.05) is 12.2 Å². The summed E-state index contributed by atoms with van der Waals surface area (Å²) in [6.07, 6.45) is -4.40. The van der Waals surface area contributed by atoms with Crippen LogP contribution in [0.25, 0.3) is 0 Å². The molecule has 2 aromatic rings. The van der Waals surface area contributed by atoms with Gasteiger partial charge in [0.1, 0.15) is 0 Å². The fraction of sp³-hybridized carbons (Fsp3) is 0.316. The smallest absolute Gasteiger partial charge is 0.416 e. The van der Waals surface area contributed by atoms with Gasteiger partial charge in [-0.05, 0) is 62.0 Å². The molecule has 2 N–H and O–H groups in total. The number of nitrogens with one attached hydrogen (secondary N) is 2. The summed E-state index contributed by atoms with van der Waals surface area (Å²) >= 11 is 5.16. The Kier molecular flexibility index (Phi) is 7.29. The Labute approximate surface area is 161 Å². The lowest BCUT2D eigenvalue weighted by Crippen LogP contribution is -2.28. The maximum atomic E-state index is 12.8. The lowest BCUT2D eigenvalue weighted by molar-refractivity contribution is -0.137. The first-order chi connectivity index (χ1) is 12.8. The first-order valence-electron chi connectivity index (χ1n) is 8.44. The average molecular weight is 398 g/mol. The summed E-state index contributed by atoms with van der Waals surface area (Å²) in [5, 5.41) is 5.95. The van der Waals surface area contributed by atoms with Crippen LogP contribution in [0.5, 0.6) is 11.5 Å². The summed E-state index contributed by atoms with van der Waals surface area (Å²) < 4.78 is 49.4. The van der Waals surface area contributed by atoms with Gasteiger partial charge >= 0.3 is 6.18 Å². The molecule has 0 spiro atoms. The highest BCUT2D eigenvalue weighted by atomic mass is 32.1. The zero-order valence-corrected chi connectivity index (χ0v) is 15.8. The van der Waals surface area contributed by atoms with Crippen LogP contribution in [0.4, 0.5) is 18.9 Å². The second-order valence-corrected chi connectivity index (χ2v) is 5.94. The number of alkyl halides is 3. The molecule has 0 aliphatic rings. The van der Waals surface area contributed by atoms with Crippen LogP contribution in [-0.4, -0.2) is 18.3 Å². The van der Waals surface area contributed by atoms with Crippen LogP contribution < -0.4 is 20.1 Å². The molecule has 146 valence electrons. The van der Waals surface area contributed by atoms with E-state index in [-0.39, 0.29) is 10.8 Å². The molecule has 0 atom stereocenters. The van der Waals surface area contributed by atoms with Gasteiger partial charge in [0.25, 0.3) is 0 Å². The summed E-state index contributed by atoms with van der Waals surface area (Å²) in [6, 6.07) is 10.4. The average Bonchev–Trinajstić information content (AvgIpc) is 2.62. The molecule has 27 heavy (non-hydrogen) atoms. The molecule has 0 unspecified atom stereocenters. The summed E-state index contributed by atoms with van der Waals surface area (Å²) in [6.45, 7) is 5.20. The van der Waals surface area contributed by atoms with Crippen LogP contribution in [0, 0.1) is 0 Å². The molecular formula is C19H21F3N2O2S. The number of hydrogen-bond acceptors (Lipinski definition) is 3. The molecule has 2 aromatic carbocycles. The Morgan fingerprint density at radius 1 is 1.00 bits per heavy atom. The van der Waals surface area contributed by atoms with Crippen LogP contribution in [0.15, 0.2) is 42.5 Å². The number of benzene rings is 2. The van der Waals surface area contributed by atoms with Crippen molar-refractivity contribution in [3.05, 3.63) is 53.6 Å². The SMILES string of the molecule is CCOc1ccc(CNC(=S)Nc2cccc(C(F)(F)F)c2)cc1OCC. The minimum atomic E-state index is -4.40. The Bertz CT molecular complexity index is 782. The van der Waals surface area contributed by atoms with Crippen molar-refractivity contribution in [2.45, 2.75) is 26.6 Å². The first kappa shape index (κ1) is 20.8. The number of ether oxygens (including phenoxy) is 2. The van der Waals surface area contributed by atoms with E-state index in [4.69, 9.17) is 21.7 Å². The predicted molar refractivity (Wildman–Crippen MR) is 103 cm³/mol. The van der Waals surface area contributed by atoms with Gasteiger partial charge in [-0.1, -0.05) is 12.1 Å². The molecule has 0 aliphatic heterocycles. The van der Waals surface area contributed by atoms with E-state index >= 15 is 0 Å². The van der Waals surface area contributed by atoms with Gasteiger partial charge in [0.2, 0.25) is 0 Å². The topological polar surface area (TPSA) is 42.5 Å². The number of anilines is 1. The molecule has 0 saturated carbocycles. The third-order valence-electron chi connectivity index (χ3n) is 3.51. The third kappa shape index (κ3) is 6.32. The molecule has 8 heteroatoms. The van der Waals surface area contributed by atoms with Crippen molar-refractivity contribution in [2.75, 3.05) is 18.5 Å². The van der Waals surface area contributed by atoms with Gasteiger partial charge in [-0.15, -0.1) is 0 Å². The Balaban J connectivity index is 1.98. The zero-order chi connectivity index (χ0) is 19.9. The highest BCUT2D eigenvalue weighted by Crippen LogP contribution is 2.31. The van der Waals surface area contributed by atoms with Gasteiger partial charge in [0.05, 0.1) is 18.8 Å². The second kappa shape index (κ2) is 9.45. The highest BCUT2D eigenvalue weighted by molar-refractivity contribution is 7.80. The van der Waals surface area contributed by atoms with Gasteiger partial charge in [-0.25, -0.2) is 0 Å². The van der Waals surface area contributed by atoms with Crippen molar-refractivity contribution >= 4 is 23.0 Å². The molecule has 0 amide bonds. The largest absolute Gasteiger partial charge is 0.490 e. The van der Waals surface area contributed by atoms with E-state index in [2.05, 4.69) is 10.6 Å². The van der Waals surface area contributed by atoms with Gasteiger partial charge in [-0.2, -0.15) is 13.2 Å². The molecule has 0 bridgehead atoms. The summed E-state index contributed by atoms with van der Waals surface area (Å²) in [7, 11) is 0. The highest BCUT2D eigenvalue weighted by Gasteiger charge is 2.30. The van der Waals surface area contributed by atoms with Crippen molar-refractivity contribution in [2.24, 2.45) is 0 Å². The van der Waals surface area contributed by atoms with Gasteiger partial charge in [0.15, 0.2) is 16.6 Å². The Hall–Kier alpha value is -2.48. The third-order valence-corrected chi connectivity index (χ3v) is 3.76. The molecule has 2 rings (SSSR count). The monoisotopic (exact) mass is 398 g/mol. The number of hydrogen-bond donors (Lipinski definition) is 2. The molecule has 0 aromatic heterocycles. The number of rotatable bonds is 7. The predicted octanol–water partition coefficient (Wildman–Crippen LogP) is 4.99. The van der Waals surface area contributed by atoms with Crippen LogP contribution in [-0.2, 0) is 12.7 Å². The van der Waals surface area contributed by atoms with Crippen molar-refractivity contribution in [3.63, 3.8) is 0 Å². The van der Waals surface area contributed by atoms with E-state index in [0.29, 0.717) is 31.3 Å². The molecule has 4 nitrogen and oxygen atoms in total. The van der Waals surface area contributed by atoms with Gasteiger partial charge < -0.3 is 20.1 Å². The molecule has 0 fully saturated rings. The number of halogens is 3. The quantitative estimate of drug-likeness (QED) is 0.644. The molecule has 0 saturated heterocycles. The maximum Gasteiger partial charge on any atom is 0.416 e. The van der Waals surface area contributed by atoms with Crippen LogP contribution in [0.2, 0.25) is 0 Å². The Morgan fingerprint density at radius 3 is 2.37 bits per heavy atom. The summed E-state index contributed by atoms with van der Waals surface area (Å²) in [4.78, 5) is 0. The van der Waals surface area contributed by atoms with Crippen LogP contribution in [0.1, 0.15) is 25.0 Å². The molecular weight excluding hydrogens is 377 g/mol. The number of thiocarbonyl (C=S) groups is 1. The van der Waals surface area contributed by atoms with Gasteiger partial charge in [-0.3, -0.25) is 0 Å². The fourth-order valence-electron chi connectivity index (χ4n) is 2.34. The van der Waals surface area contributed by atoms with Crippen molar-refractivity contribution in [1.29, 1.82) is 0 Å². The molecule has 0 aliphatic carbocycles.